The van der Waals surface area contributed by atoms with E-state index in [9.17, 15) is 24.0 Å². The summed E-state index contributed by atoms with van der Waals surface area (Å²) in [5.41, 5.74) is 5.96. The van der Waals surface area contributed by atoms with E-state index in [4.69, 9.17) is 22.1 Å². The second kappa shape index (κ2) is 8.42. The lowest BCUT2D eigenvalue weighted by Gasteiger charge is -2.29. The molecule has 0 unspecified atom stereocenters. The zero-order valence-corrected chi connectivity index (χ0v) is 20.2. The van der Waals surface area contributed by atoms with Gasteiger partial charge < -0.3 is 15.8 Å². The summed E-state index contributed by atoms with van der Waals surface area (Å²) in [4.78, 5) is 65.9. The van der Waals surface area contributed by atoms with E-state index in [0.29, 0.717) is 21.8 Å². The molecule has 186 valence electrons. The number of fused-ring (bicyclic) bond motifs is 4. The first kappa shape index (κ1) is 24.0. The molecule has 4 amide bonds. The molecule has 2 saturated heterocycles. The Bertz CT molecular complexity index is 1340. The van der Waals surface area contributed by atoms with Crippen LogP contribution in [0.5, 0.6) is 0 Å². The fourth-order valence-corrected chi connectivity index (χ4v) is 5.75. The van der Waals surface area contributed by atoms with Gasteiger partial charge in [0.15, 0.2) is 0 Å². The summed E-state index contributed by atoms with van der Waals surface area (Å²) < 4.78 is 4.98. The van der Waals surface area contributed by atoms with Crippen molar-refractivity contribution in [2.24, 2.45) is 17.6 Å². The van der Waals surface area contributed by atoms with Gasteiger partial charge >= 0.3 is 5.97 Å². The highest BCUT2D eigenvalue weighted by molar-refractivity contribution is 6.32. The van der Waals surface area contributed by atoms with E-state index in [-0.39, 0.29) is 24.3 Å². The van der Waals surface area contributed by atoms with Gasteiger partial charge in [0, 0.05) is 23.0 Å². The zero-order chi connectivity index (χ0) is 25.9. The van der Waals surface area contributed by atoms with Gasteiger partial charge in [-0.1, -0.05) is 17.7 Å². The average molecular weight is 511 g/mol. The number of nitrogens with one attached hydrogen (secondary N) is 2. The molecule has 0 radical (unpaired) electrons. The van der Waals surface area contributed by atoms with Crippen LogP contribution in [0.2, 0.25) is 5.02 Å². The number of halogens is 1. The van der Waals surface area contributed by atoms with Crippen molar-refractivity contribution in [2.45, 2.75) is 31.8 Å². The second-order valence-electron chi connectivity index (χ2n) is 9.06. The van der Waals surface area contributed by atoms with Crippen molar-refractivity contribution in [3.63, 3.8) is 0 Å². The van der Waals surface area contributed by atoms with Crippen molar-refractivity contribution in [1.82, 2.24) is 5.32 Å². The molecule has 1 spiro atoms. The summed E-state index contributed by atoms with van der Waals surface area (Å²) in [6, 6.07) is 8.29. The summed E-state index contributed by atoms with van der Waals surface area (Å²) in [6.45, 7) is 3.64. The Kier molecular flexibility index (Phi) is 5.60. The SMILES string of the molecule is CCOC(=O)c1ccc(N2C(=O)[C@@H]3[C@@H](C2=O)[C@]2(N[C@@H]3CC(N)=O)C(=O)Nc3c2ccc(Cl)c3C)cc1. The monoisotopic (exact) mass is 510 g/mol. The predicted octanol–water partition coefficient (Wildman–Crippen LogP) is 1.63. The Hall–Kier alpha value is -3.76. The summed E-state index contributed by atoms with van der Waals surface area (Å²) in [5.74, 6) is -5.00. The second-order valence-corrected chi connectivity index (χ2v) is 9.47. The minimum atomic E-state index is -1.58. The number of imide groups is 1. The Labute approximate surface area is 211 Å². The summed E-state index contributed by atoms with van der Waals surface area (Å²) in [7, 11) is 0. The first-order valence-corrected chi connectivity index (χ1v) is 11.8. The topological polar surface area (TPSA) is 148 Å². The Morgan fingerprint density at radius 2 is 1.81 bits per heavy atom. The third-order valence-corrected chi connectivity index (χ3v) is 7.55. The van der Waals surface area contributed by atoms with E-state index in [1.54, 1.807) is 26.0 Å². The molecule has 4 atom stereocenters. The highest BCUT2D eigenvalue weighted by Gasteiger charge is 2.70. The standard InChI is InChI=1S/C25H23ClN4O6/c1-3-36-23(34)12-4-6-13(7-5-12)30-21(32)18-16(10-17(27)31)29-25(19(18)22(30)33)14-8-9-15(26)11(2)20(14)28-24(25)35/h4-9,16,18-19,29H,3,10H2,1-2H3,(H2,27,31)(H,28,35)/t16-,18+,19+,25+/m1/s1. The molecule has 5 rings (SSSR count). The van der Waals surface area contributed by atoms with Crippen molar-refractivity contribution < 1.29 is 28.7 Å². The summed E-state index contributed by atoms with van der Waals surface area (Å²) >= 11 is 6.26. The van der Waals surface area contributed by atoms with Gasteiger partial charge in [-0.25, -0.2) is 9.69 Å². The number of benzene rings is 2. The number of hydrogen-bond acceptors (Lipinski definition) is 7. The van der Waals surface area contributed by atoms with Crippen LogP contribution in [-0.4, -0.2) is 42.2 Å². The van der Waals surface area contributed by atoms with Gasteiger partial charge in [-0.3, -0.25) is 24.5 Å². The quantitative estimate of drug-likeness (QED) is 0.409. The number of rotatable bonds is 5. The number of carbonyl (C=O) groups is 5. The molecule has 11 heteroatoms. The fourth-order valence-electron chi connectivity index (χ4n) is 5.60. The molecular weight excluding hydrogens is 488 g/mol. The maximum absolute atomic E-state index is 13.9. The third-order valence-electron chi connectivity index (χ3n) is 7.14. The van der Waals surface area contributed by atoms with Crippen molar-refractivity contribution >= 4 is 52.6 Å². The van der Waals surface area contributed by atoms with Crippen molar-refractivity contribution in [3.8, 4) is 0 Å². The molecule has 0 bridgehead atoms. The Balaban J connectivity index is 1.60. The van der Waals surface area contributed by atoms with Crippen molar-refractivity contribution in [2.75, 3.05) is 16.8 Å². The van der Waals surface area contributed by atoms with Gasteiger partial charge in [0.1, 0.15) is 5.54 Å². The van der Waals surface area contributed by atoms with Gasteiger partial charge in [-0.05, 0) is 49.7 Å². The number of nitrogens with zero attached hydrogens (tertiary/aromatic N) is 1. The minimum Gasteiger partial charge on any atom is -0.462 e. The highest BCUT2D eigenvalue weighted by atomic mass is 35.5. The number of anilines is 2. The largest absolute Gasteiger partial charge is 0.462 e. The highest BCUT2D eigenvalue weighted by Crippen LogP contribution is 2.55. The van der Waals surface area contributed by atoms with E-state index in [2.05, 4.69) is 10.6 Å². The fraction of sp³-hybridized carbons (Fsp3) is 0.320. The number of nitrogens with two attached hydrogens (primary N) is 1. The first-order chi connectivity index (χ1) is 17.1. The van der Waals surface area contributed by atoms with Crippen LogP contribution in [0.1, 0.15) is 34.8 Å². The number of carbonyl (C=O) groups excluding carboxylic acids is 5. The molecule has 3 heterocycles. The molecule has 2 aromatic carbocycles. The molecule has 4 N–H and O–H groups in total. The molecule has 2 fully saturated rings. The maximum atomic E-state index is 13.9. The lowest BCUT2D eigenvalue weighted by molar-refractivity contribution is -0.130. The van der Waals surface area contributed by atoms with Crippen LogP contribution in [0.3, 0.4) is 0 Å². The number of primary amides is 1. The molecule has 0 aliphatic carbocycles. The van der Waals surface area contributed by atoms with Crippen LogP contribution < -0.4 is 21.3 Å². The van der Waals surface area contributed by atoms with E-state index >= 15 is 0 Å². The normalized spacial score (nSPS) is 26.2. The zero-order valence-electron chi connectivity index (χ0n) is 19.5. The van der Waals surface area contributed by atoms with Gasteiger partial charge in [0.25, 0.3) is 0 Å². The van der Waals surface area contributed by atoms with E-state index in [0.717, 1.165) is 4.90 Å². The number of ether oxygens (including phenoxy) is 1. The Morgan fingerprint density at radius 1 is 1.11 bits per heavy atom. The Morgan fingerprint density at radius 3 is 2.44 bits per heavy atom. The van der Waals surface area contributed by atoms with E-state index in [1.807, 2.05) is 0 Å². The van der Waals surface area contributed by atoms with Crippen LogP contribution in [0.15, 0.2) is 36.4 Å². The lowest BCUT2D eigenvalue weighted by atomic mass is 9.76. The molecule has 3 aliphatic rings. The molecule has 0 aromatic heterocycles. The molecule has 2 aromatic rings. The van der Waals surface area contributed by atoms with Crippen molar-refractivity contribution in [1.29, 1.82) is 0 Å². The molecule has 0 saturated carbocycles. The number of esters is 1. The number of hydrogen-bond donors (Lipinski definition) is 3. The maximum Gasteiger partial charge on any atom is 0.338 e. The average Bonchev–Trinajstić information content (AvgIpc) is 3.41. The summed E-state index contributed by atoms with van der Waals surface area (Å²) in [5, 5.41) is 6.39. The van der Waals surface area contributed by atoms with Gasteiger partial charge in [-0.2, -0.15) is 0 Å². The van der Waals surface area contributed by atoms with Crippen LogP contribution >= 0.6 is 11.6 Å². The molecule has 3 aliphatic heterocycles. The first-order valence-electron chi connectivity index (χ1n) is 11.4. The summed E-state index contributed by atoms with van der Waals surface area (Å²) in [6.07, 6.45) is -0.243. The van der Waals surface area contributed by atoms with Gasteiger partial charge in [-0.15, -0.1) is 0 Å². The van der Waals surface area contributed by atoms with E-state index < -0.39 is 53.0 Å². The minimum absolute atomic E-state index is 0.206. The van der Waals surface area contributed by atoms with Crippen LogP contribution in [0.4, 0.5) is 11.4 Å². The predicted molar refractivity (Wildman–Crippen MR) is 129 cm³/mol. The van der Waals surface area contributed by atoms with Crippen LogP contribution in [0.25, 0.3) is 0 Å². The van der Waals surface area contributed by atoms with Crippen LogP contribution in [0, 0.1) is 18.8 Å². The van der Waals surface area contributed by atoms with Gasteiger partial charge in [0.05, 0.1) is 35.4 Å². The van der Waals surface area contributed by atoms with Crippen LogP contribution in [-0.2, 0) is 29.5 Å². The van der Waals surface area contributed by atoms with Crippen molar-refractivity contribution in [3.05, 3.63) is 58.1 Å². The molecule has 10 nitrogen and oxygen atoms in total. The molecular formula is C25H23ClN4O6. The molecule has 36 heavy (non-hydrogen) atoms. The smallest absolute Gasteiger partial charge is 0.338 e. The van der Waals surface area contributed by atoms with E-state index in [1.165, 1.54) is 24.3 Å². The third kappa shape index (κ3) is 3.25. The lowest BCUT2D eigenvalue weighted by Crippen LogP contribution is -2.53. The van der Waals surface area contributed by atoms with Gasteiger partial charge in [0.2, 0.25) is 23.6 Å². The number of amides is 4.